The Morgan fingerprint density at radius 1 is 1.33 bits per heavy atom. The third-order valence-corrected chi connectivity index (χ3v) is 4.30. The molecule has 1 aromatic rings. The molecule has 0 saturated carbocycles. The van der Waals surface area contributed by atoms with Gasteiger partial charge < -0.3 is 10.4 Å². The van der Waals surface area contributed by atoms with E-state index in [9.17, 15) is 13.2 Å². The largest absolute Gasteiger partial charge is 0.478 e. The van der Waals surface area contributed by atoms with Crippen LogP contribution >= 0.6 is 0 Å². The van der Waals surface area contributed by atoms with E-state index in [1.54, 1.807) is 25.1 Å². The first-order valence-electron chi connectivity index (χ1n) is 5.68. The van der Waals surface area contributed by atoms with Crippen molar-refractivity contribution in [3.05, 3.63) is 35.4 Å². The number of hydrogen-bond donors (Lipinski definition) is 2. The summed E-state index contributed by atoms with van der Waals surface area (Å²) in [5, 5.41) is 11.9. The van der Waals surface area contributed by atoms with Crippen molar-refractivity contribution in [2.75, 3.05) is 18.1 Å². The number of sulfone groups is 1. The topological polar surface area (TPSA) is 83.5 Å². The molecule has 0 amide bonds. The Labute approximate surface area is 107 Å². The van der Waals surface area contributed by atoms with Crippen LogP contribution in [-0.2, 0) is 16.4 Å². The molecular weight excluding hydrogens is 254 g/mol. The number of carboxylic acids is 1. The van der Waals surface area contributed by atoms with Gasteiger partial charge in [0.25, 0.3) is 0 Å². The summed E-state index contributed by atoms with van der Waals surface area (Å²) < 4.78 is 22.5. The lowest BCUT2D eigenvalue weighted by molar-refractivity contribution is 0.0695. The molecule has 0 saturated heterocycles. The maximum Gasteiger partial charge on any atom is 0.336 e. The Morgan fingerprint density at radius 3 is 2.61 bits per heavy atom. The summed E-state index contributed by atoms with van der Waals surface area (Å²) >= 11 is 0. The van der Waals surface area contributed by atoms with Gasteiger partial charge in [0.05, 0.1) is 11.3 Å². The fourth-order valence-electron chi connectivity index (χ4n) is 1.48. The van der Waals surface area contributed by atoms with Gasteiger partial charge in [-0.3, -0.25) is 0 Å². The van der Waals surface area contributed by atoms with E-state index in [0.29, 0.717) is 18.7 Å². The molecule has 0 fully saturated rings. The molecule has 0 aliphatic heterocycles. The van der Waals surface area contributed by atoms with Crippen molar-refractivity contribution in [3.8, 4) is 0 Å². The quantitative estimate of drug-likeness (QED) is 0.720. The van der Waals surface area contributed by atoms with Gasteiger partial charge in [0.1, 0.15) is 0 Å². The Morgan fingerprint density at radius 2 is 2.00 bits per heavy atom. The van der Waals surface area contributed by atoms with Crippen LogP contribution in [-0.4, -0.2) is 37.5 Å². The average Bonchev–Trinajstić information content (AvgIpc) is 2.35. The van der Waals surface area contributed by atoms with Crippen molar-refractivity contribution >= 4 is 15.8 Å². The highest BCUT2D eigenvalue weighted by molar-refractivity contribution is 7.91. The standard InChI is InChI=1S/C12H17NO4S/c1-2-18(16,17)8-7-13-9-10-5-3-4-6-11(10)12(14)15/h3-6,13H,2,7-9H2,1H3,(H,14,15). The minimum Gasteiger partial charge on any atom is -0.478 e. The fourth-order valence-corrected chi connectivity index (χ4v) is 2.22. The molecule has 0 bridgehead atoms. The van der Waals surface area contributed by atoms with Crippen molar-refractivity contribution in [2.45, 2.75) is 13.5 Å². The molecule has 2 N–H and O–H groups in total. The van der Waals surface area contributed by atoms with Crippen molar-refractivity contribution < 1.29 is 18.3 Å². The number of rotatable bonds is 7. The highest BCUT2D eigenvalue weighted by Gasteiger charge is 2.09. The van der Waals surface area contributed by atoms with E-state index in [0.717, 1.165) is 0 Å². The number of carboxylic acid groups (broad SMARTS) is 1. The molecule has 6 heteroatoms. The second-order valence-corrected chi connectivity index (χ2v) is 6.35. The average molecular weight is 271 g/mol. The van der Waals surface area contributed by atoms with Crippen molar-refractivity contribution in [3.63, 3.8) is 0 Å². The SMILES string of the molecule is CCS(=O)(=O)CCNCc1ccccc1C(=O)O. The molecule has 1 rings (SSSR count). The van der Waals surface area contributed by atoms with Gasteiger partial charge in [-0.25, -0.2) is 13.2 Å². The summed E-state index contributed by atoms with van der Waals surface area (Å²) in [7, 11) is -2.98. The number of benzene rings is 1. The van der Waals surface area contributed by atoms with Gasteiger partial charge in [0.15, 0.2) is 9.84 Å². The van der Waals surface area contributed by atoms with Crippen LogP contribution < -0.4 is 5.32 Å². The smallest absolute Gasteiger partial charge is 0.336 e. The molecule has 0 aromatic heterocycles. The minimum absolute atomic E-state index is 0.0682. The predicted molar refractivity (Wildman–Crippen MR) is 69.4 cm³/mol. The Bertz CT molecular complexity index is 511. The molecule has 1 aromatic carbocycles. The number of nitrogens with one attached hydrogen (secondary N) is 1. The van der Waals surface area contributed by atoms with Gasteiger partial charge in [-0.1, -0.05) is 25.1 Å². The normalized spacial score (nSPS) is 11.4. The monoisotopic (exact) mass is 271 g/mol. The van der Waals surface area contributed by atoms with Crippen LogP contribution in [0.1, 0.15) is 22.8 Å². The second-order valence-electron chi connectivity index (χ2n) is 3.88. The van der Waals surface area contributed by atoms with E-state index < -0.39 is 15.8 Å². The summed E-state index contributed by atoms with van der Waals surface area (Å²) in [4.78, 5) is 10.9. The highest BCUT2D eigenvalue weighted by Crippen LogP contribution is 2.08. The number of aromatic carboxylic acids is 1. The lowest BCUT2D eigenvalue weighted by Gasteiger charge is -2.07. The molecule has 5 nitrogen and oxygen atoms in total. The van der Waals surface area contributed by atoms with Crippen molar-refractivity contribution in [1.82, 2.24) is 5.32 Å². The first kappa shape index (κ1) is 14.7. The predicted octanol–water partition coefficient (Wildman–Crippen LogP) is 0.909. The zero-order valence-electron chi connectivity index (χ0n) is 10.2. The Hall–Kier alpha value is -1.40. The summed E-state index contributed by atoms with van der Waals surface area (Å²) in [6.07, 6.45) is 0. The minimum atomic E-state index is -2.98. The number of hydrogen-bond acceptors (Lipinski definition) is 4. The molecule has 0 heterocycles. The van der Waals surface area contributed by atoms with Crippen molar-refractivity contribution in [1.29, 1.82) is 0 Å². The van der Waals surface area contributed by atoms with E-state index in [2.05, 4.69) is 5.32 Å². The molecule has 0 radical (unpaired) electrons. The zero-order chi connectivity index (χ0) is 13.6. The third kappa shape index (κ3) is 4.46. The zero-order valence-corrected chi connectivity index (χ0v) is 11.0. The maximum atomic E-state index is 11.3. The van der Waals surface area contributed by atoms with Crippen LogP contribution in [0.3, 0.4) is 0 Å². The lowest BCUT2D eigenvalue weighted by Crippen LogP contribution is -2.24. The first-order chi connectivity index (χ1) is 8.46. The Kier molecular flexibility index (Phi) is 5.30. The van der Waals surface area contributed by atoms with Gasteiger partial charge in [-0.2, -0.15) is 0 Å². The molecule has 0 aliphatic carbocycles. The van der Waals surface area contributed by atoms with Crippen LogP contribution in [0.5, 0.6) is 0 Å². The van der Waals surface area contributed by atoms with E-state index in [-0.39, 0.29) is 17.1 Å². The van der Waals surface area contributed by atoms with Gasteiger partial charge in [-0.15, -0.1) is 0 Å². The van der Waals surface area contributed by atoms with Crippen LogP contribution in [0, 0.1) is 0 Å². The summed E-state index contributed by atoms with van der Waals surface area (Å²) in [5.74, 6) is -0.785. The van der Waals surface area contributed by atoms with Gasteiger partial charge in [0, 0.05) is 18.8 Å². The van der Waals surface area contributed by atoms with Gasteiger partial charge >= 0.3 is 5.97 Å². The highest BCUT2D eigenvalue weighted by atomic mass is 32.2. The van der Waals surface area contributed by atoms with Crippen LogP contribution in [0.15, 0.2) is 24.3 Å². The van der Waals surface area contributed by atoms with E-state index in [1.807, 2.05) is 0 Å². The Balaban J connectivity index is 2.52. The maximum absolute atomic E-state index is 11.3. The first-order valence-corrected chi connectivity index (χ1v) is 7.50. The molecule has 100 valence electrons. The molecule has 18 heavy (non-hydrogen) atoms. The third-order valence-electron chi connectivity index (χ3n) is 2.59. The van der Waals surface area contributed by atoms with Crippen LogP contribution in [0.2, 0.25) is 0 Å². The number of carbonyl (C=O) groups is 1. The molecular formula is C12H17NO4S. The van der Waals surface area contributed by atoms with Crippen LogP contribution in [0.25, 0.3) is 0 Å². The summed E-state index contributed by atoms with van der Waals surface area (Å²) in [6.45, 7) is 2.28. The summed E-state index contributed by atoms with van der Waals surface area (Å²) in [5.41, 5.74) is 0.891. The fraction of sp³-hybridized carbons (Fsp3) is 0.417. The molecule has 0 aliphatic rings. The molecule has 0 spiro atoms. The van der Waals surface area contributed by atoms with E-state index >= 15 is 0 Å². The molecule has 0 unspecified atom stereocenters. The van der Waals surface area contributed by atoms with Crippen molar-refractivity contribution in [2.24, 2.45) is 0 Å². The second kappa shape index (κ2) is 6.51. The van der Waals surface area contributed by atoms with Gasteiger partial charge in [-0.05, 0) is 11.6 Å². The van der Waals surface area contributed by atoms with E-state index in [1.165, 1.54) is 6.07 Å². The summed E-state index contributed by atoms with van der Waals surface area (Å²) in [6, 6.07) is 6.66. The van der Waals surface area contributed by atoms with Crippen LogP contribution in [0.4, 0.5) is 0 Å². The van der Waals surface area contributed by atoms with Gasteiger partial charge in [0.2, 0.25) is 0 Å². The lowest BCUT2D eigenvalue weighted by atomic mass is 10.1. The molecule has 0 atom stereocenters. The van der Waals surface area contributed by atoms with E-state index in [4.69, 9.17) is 5.11 Å².